The normalized spacial score (nSPS) is 9.25. The highest BCUT2D eigenvalue weighted by atomic mass is 32.1. The molecule has 0 bridgehead atoms. The molecule has 2 N–H and O–H groups in total. The monoisotopic (exact) mass is 131 g/mol. The lowest BCUT2D eigenvalue weighted by molar-refractivity contribution is 0.332. The van der Waals surface area contributed by atoms with E-state index in [1.165, 1.54) is 0 Å². The molecule has 1 rings (SSSR count). The predicted molar refractivity (Wildman–Crippen MR) is 29.5 cm³/mol. The van der Waals surface area contributed by atoms with Gasteiger partial charge in [0.05, 0.1) is 0 Å². The number of aromatic nitrogens is 2. The minimum Gasteiger partial charge on any atom is -0.378 e. The minimum atomic E-state index is 0.405. The lowest BCUT2D eigenvalue weighted by Crippen LogP contribution is -2.00. The van der Waals surface area contributed by atoms with Crippen LogP contribution in [0.4, 0.5) is 0 Å². The van der Waals surface area contributed by atoms with Gasteiger partial charge in [-0.1, -0.05) is 0 Å². The molecule has 4 nitrogen and oxygen atoms in total. The first-order valence-corrected chi connectivity index (χ1v) is 2.77. The van der Waals surface area contributed by atoms with E-state index < -0.39 is 0 Å². The molecule has 0 atom stereocenters. The largest absolute Gasteiger partial charge is 0.378 e. The first-order valence-electron chi connectivity index (χ1n) is 2.00. The van der Waals surface area contributed by atoms with Crippen LogP contribution in [0.5, 0.6) is 5.19 Å². The van der Waals surface area contributed by atoms with E-state index in [4.69, 9.17) is 5.90 Å². The highest BCUT2D eigenvalue weighted by Crippen LogP contribution is 2.10. The van der Waals surface area contributed by atoms with Crippen molar-refractivity contribution in [3.05, 3.63) is 5.82 Å². The van der Waals surface area contributed by atoms with Crippen LogP contribution in [0.15, 0.2) is 0 Å². The van der Waals surface area contributed by atoms with Crippen molar-refractivity contribution in [2.45, 2.75) is 6.92 Å². The van der Waals surface area contributed by atoms with Crippen molar-refractivity contribution < 1.29 is 4.84 Å². The molecule has 0 aliphatic carbocycles. The summed E-state index contributed by atoms with van der Waals surface area (Å²) in [5.41, 5.74) is 0. The second kappa shape index (κ2) is 2.06. The second-order valence-electron chi connectivity index (χ2n) is 1.23. The van der Waals surface area contributed by atoms with E-state index in [0.717, 1.165) is 11.5 Å². The molecule has 0 saturated heterocycles. The maximum atomic E-state index is 4.77. The van der Waals surface area contributed by atoms with Gasteiger partial charge >= 0.3 is 5.19 Å². The van der Waals surface area contributed by atoms with Gasteiger partial charge in [-0.05, 0) is 6.92 Å². The molecule has 8 heavy (non-hydrogen) atoms. The highest BCUT2D eigenvalue weighted by molar-refractivity contribution is 7.07. The van der Waals surface area contributed by atoms with Gasteiger partial charge in [0, 0.05) is 11.5 Å². The predicted octanol–water partition coefficient (Wildman–Crippen LogP) is 0.0990. The van der Waals surface area contributed by atoms with Gasteiger partial charge in [0.25, 0.3) is 0 Å². The third-order valence-corrected chi connectivity index (χ3v) is 1.31. The van der Waals surface area contributed by atoms with Crippen LogP contribution in [0.2, 0.25) is 0 Å². The van der Waals surface area contributed by atoms with E-state index >= 15 is 0 Å². The summed E-state index contributed by atoms with van der Waals surface area (Å²) in [6.07, 6.45) is 0. The van der Waals surface area contributed by atoms with Crippen molar-refractivity contribution in [3.63, 3.8) is 0 Å². The summed E-state index contributed by atoms with van der Waals surface area (Å²) < 4.78 is 3.81. The van der Waals surface area contributed by atoms with Crippen LogP contribution in [0.1, 0.15) is 5.82 Å². The quantitative estimate of drug-likeness (QED) is 0.549. The van der Waals surface area contributed by atoms with Crippen LogP contribution in [0.3, 0.4) is 0 Å². The minimum absolute atomic E-state index is 0.405. The molecule has 44 valence electrons. The van der Waals surface area contributed by atoms with Crippen molar-refractivity contribution in [2.75, 3.05) is 0 Å². The average molecular weight is 131 g/mol. The molecule has 1 heterocycles. The van der Waals surface area contributed by atoms with Gasteiger partial charge in [-0.25, -0.2) is 0 Å². The first kappa shape index (κ1) is 5.46. The van der Waals surface area contributed by atoms with Crippen LogP contribution in [0.25, 0.3) is 0 Å². The standard InChI is InChI=1S/C3H5N3OS/c1-2-5-3(7-4)8-6-2/h4H2,1H3. The fourth-order valence-corrected chi connectivity index (χ4v) is 0.793. The van der Waals surface area contributed by atoms with Crippen molar-refractivity contribution in [3.8, 4) is 5.19 Å². The number of aryl methyl sites for hydroxylation is 1. The van der Waals surface area contributed by atoms with Crippen LogP contribution in [0, 0.1) is 6.92 Å². The summed E-state index contributed by atoms with van der Waals surface area (Å²) >= 11 is 1.14. The summed E-state index contributed by atoms with van der Waals surface area (Å²) in [7, 11) is 0. The summed E-state index contributed by atoms with van der Waals surface area (Å²) in [4.78, 5) is 8.07. The molecule has 0 radical (unpaired) electrons. The fourth-order valence-electron chi connectivity index (χ4n) is 0.326. The molecule has 0 spiro atoms. The topological polar surface area (TPSA) is 61.0 Å². The molecule has 0 aromatic carbocycles. The van der Waals surface area contributed by atoms with Crippen LogP contribution in [-0.4, -0.2) is 9.36 Å². The Morgan fingerprint density at radius 1 is 1.75 bits per heavy atom. The molecule has 1 aromatic rings. The third kappa shape index (κ3) is 0.932. The zero-order valence-electron chi connectivity index (χ0n) is 4.29. The number of hydrogen-bond donors (Lipinski definition) is 1. The second-order valence-corrected chi connectivity index (χ2v) is 1.94. The number of nitrogens with two attached hydrogens (primary N) is 1. The van der Waals surface area contributed by atoms with Gasteiger partial charge in [-0.2, -0.15) is 15.3 Å². The van der Waals surface area contributed by atoms with Gasteiger partial charge in [-0.15, -0.1) is 0 Å². The summed E-state index contributed by atoms with van der Waals surface area (Å²) in [6.45, 7) is 1.78. The van der Waals surface area contributed by atoms with Gasteiger partial charge in [-0.3, -0.25) is 0 Å². The molecule has 0 aliphatic heterocycles. The van der Waals surface area contributed by atoms with Gasteiger partial charge < -0.3 is 4.84 Å². The average Bonchev–Trinajstić information content (AvgIpc) is 2.14. The molecular formula is C3H5N3OS. The third-order valence-electron chi connectivity index (χ3n) is 0.610. The van der Waals surface area contributed by atoms with E-state index in [-0.39, 0.29) is 0 Å². The Labute approximate surface area is 50.4 Å². The summed E-state index contributed by atoms with van der Waals surface area (Å²) in [5, 5.41) is 0.405. The van der Waals surface area contributed by atoms with E-state index in [9.17, 15) is 0 Å². The molecule has 0 fully saturated rings. The molecule has 0 saturated carbocycles. The summed E-state index contributed by atoms with van der Waals surface area (Å²) in [5.74, 6) is 5.46. The summed E-state index contributed by atoms with van der Waals surface area (Å²) in [6, 6.07) is 0. The molecule has 0 unspecified atom stereocenters. The van der Waals surface area contributed by atoms with Crippen molar-refractivity contribution in [1.29, 1.82) is 0 Å². The van der Waals surface area contributed by atoms with Crippen LogP contribution in [-0.2, 0) is 0 Å². The Balaban J connectivity index is 2.84. The molecule has 5 heteroatoms. The SMILES string of the molecule is Cc1nsc(ON)n1. The van der Waals surface area contributed by atoms with E-state index in [0.29, 0.717) is 11.0 Å². The highest BCUT2D eigenvalue weighted by Gasteiger charge is 1.95. The van der Waals surface area contributed by atoms with E-state index in [2.05, 4.69) is 14.2 Å². The van der Waals surface area contributed by atoms with Crippen LogP contribution < -0.4 is 10.7 Å². The Morgan fingerprint density at radius 2 is 2.50 bits per heavy atom. The smallest absolute Gasteiger partial charge is 0.313 e. The van der Waals surface area contributed by atoms with Gasteiger partial charge in [0.2, 0.25) is 0 Å². The lowest BCUT2D eigenvalue weighted by atomic mass is 10.8. The first-order chi connectivity index (χ1) is 3.83. The zero-order valence-corrected chi connectivity index (χ0v) is 5.10. The van der Waals surface area contributed by atoms with E-state index in [1.807, 2.05) is 0 Å². The maximum absolute atomic E-state index is 4.77. The lowest BCUT2D eigenvalue weighted by Gasteiger charge is -1.82. The molecule has 0 aliphatic rings. The van der Waals surface area contributed by atoms with Crippen molar-refractivity contribution in [2.24, 2.45) is 5.90 Å². The van der Waals surface area contributed by atoms with Crippen molar-refractivity contribution >= 4 is 11.5 Å². The number of hydrogen-bond acceptors (Lipinski definition) is 5. The fraction of sp³-hybridized carbons (Fsp3) is 0.333. The Kier molecular flexibility index (Phi) is 1.40. The van der Waals surface area contributed by atoms with Crippen LogP contribution >= 0.6 is 11.5 Å². The van der Waals surface area contributed by atoms with Gasteiger partial charge in [0.15, 0.2) is 0 Å². The Bertz CT molecular complexity index is 175. The van der Waals surface area contributed by atoms with E-state index in [1.54, 1.807) is 6.92 Å². The Morgan fingerprint density at radius 3 is 2.75 bits per heavy atom. The number of nitrogens with zero attached hydrogens (tertiary/aromatic N) is 2. The molecule has 0 amide bonds. The molecule has 1 aromatic heterocycles. The van der Waals surface area contributed by atoms with Crippen molar-refractivity contribution in [1.82, 2.24) is 9.36 Å². The Hall–Kier alpha value is -0.680. The zero-order chi connectivity index (χ0) is 5.98. The molecular weight excluding hydrogens is 126 g/mol. The number of rotatable bonds is 1. The van der Waals surface area contributed by atoms with Gasteiger partial charge in [0.1, 0.15) is 5.82 Å². The maximum Gasteiger partial charge on any atom is 0.313 e.